The Morgan fingerprint density at radius 2 is 1.73 bits per heavy atom. The minimum atomic E-state index is -0.248. The smallest absolute Gasteiger partial charge is 0.267 e. The average Bonchev–Trinajstić information content (AvgIpc) is 2.59. The van der Waals surface area contributed by atoms with E-state index in [1.54, 1.807) is 24.5 Å². The van der Waals surface area contributed by atoms with Crippen LogP contribution in [0.25, 0.3) is 10.8 Å². The van der Waals surface area contributed by atoms with Crippen LogP contribution in [0.3, 0.4) is 0 Å². The first-order chi connectivity index (χ1) is 10.8. The number of carbonyl (C=O) groups excluding carboxylic acids is 1. The second-order valence-corrected chi connectivity index (χ2v) is 4.90. The molecule has 0 saturated carbocycles. The van der Waals surface area contributed by atoms with Crippen LogP contribution in [-0.2, 0) is 0 Å². The lowest BCUT2D eigenvalue weighted by atomic mass is 10.0. The van der Waals surface area contributed by atoms with E-state index in [0.717, 1.165) is 22.0 Å². The van der Waals surface area contributed by atoms with Crippen LogP contribution in [0.15, 0.2) is 72.1 Å². The van der Waals surface area contributed by atoms with Gasteiger partial charge in [-0.05, 0) is 29.8 Å². The van der Waals surface area contributed by atoms with Crippen molar-refractivity contribution in [2.45, 2.75) is 6.92 Å². The van der Waals surface area contributed by atoms with E-state index in [2.05, 4.69) is 27.6 Å². The zero-order valence-electron chi connectivity index (χ0n) is 12.2. The van der Waals surface area contributed by atoms with Crippen LogP contribution in [0.1, 0.15) is 22.8 Å². The third-order valence-electron chi connectivity index (χ3n) is 3.45. The monoisotopic (exact) mass is 289 g/mol. The van der Waals surface area contributed by atoms with Crippen LogP contribution < -0.4 is 5.43 Å². The molecule has 3 rings (SSSR count). The summed E-state index contributed by atoms with van der Waals surface area (Å²) in [6.07, 6.45) is 3.16. The Morgan fingerprint density at radius 1 is 1.00 bits per heavy atom. The van der Waals surface area contributed by atoms with Gasteiger partial charge in [-0.2, -0.15) is 5.10 Å². The van der Waals surface area contributed by atoms with Gasteiger partial charge in [-0.3, -0.25) is 9.78 Å². The fourth-order valence-electron chi connectivity index (χ4n) is 2.30. The molecule has 0 aliphatic rings. The quantitative estimate of drug-likeness (QED) is 0.593. The number of pyridine rings is 1. The molecule has 0 unspecified atom stereocenters. The highest BCUT2D eigenvalue weighted by molar-refractivity contribution is 6.10. The number of aromatic nitrogens is 1. The Labute approximate surface area is 128 Å². The molecular weight excluding hydrogens is 274 g/mol. The van der Waals surface area contributed by atoms with Crippen molar-refractivity contribution in [1.82, 2.24) is 10.4 Å². The van der Waals surface area contributed by atoms with Crippen molar-refractivity contribution < 1.29 is 4.79 Å². The number of nitrogens with one attached hydrogen (secondary N) is 1. The lowest BCUT2D eigenvalue weighted by molar-refractivity contribution is 0.0954. The second-order valence-electron chi connectivity index (χ2n) is 4.90. The predicted octanol–water partition coefficient (Wildman–Crippen LogP) is 3.39. The number of fused-ring (bicyclic) bond motifs is 1. The largest absolute Gasteiger partial charge is 0.271 e. The summed E-state index contributed by atoms with van der Waals surface area (Å²) in [7, 11) is 0. The van der Waals surface area contributed by atoms with Gasteiger partial charge in [0.15, 0.2) is 0 Å². The summed E-state index contributed by atoms with van der Waals surface area (Å²) in [6, 6.07) is 17.5. The van der Waals surface area contributed by atoms with Gasteiger partial charge in [0.2, 0.25) is 0 Å². The lowest BCUT2D eigenvalue weighted by Gasteiger charge is -2.06. The fraction of sp³-hybridized carbons (Fsp3) is 0.0556. The van der Waals surface area contributed by atoms with E-state index in [1.165, 1.54) is 0 Å². The number of nitrogens with zero attached hydrogens (tertiary/aromatic N) is 2. The minimum absolute atomic E-state index is 0.248. The molecule has 0 atom stereocenters. The molecule has 0 saturated heterocycles. The van der Waals surface area contributed by atoms with Gasteiger partial charge < -0.3 is 0 Å². The Hall–Kier alpha value is -3.01. The summed E-state index contributed by atoms with van der Waals surface area (Å²) in [6.45, 7) is 1.88. The van der Waals surface area contributed by atoms with Gasteiger partial charge in [-0.15, -0.1) is 0 Å². The highest BCUT2D eigenvalue weighted by Gasteiger charge is 2.06. The van der Waals surface area contributed by atoms with E-state index in [1.807, 2.05) is 37.3 Å². The van der Waals surface area contributed by atoms with Crippen molar-refractivity contribution in [2.24, 2.45) is 5.10 Å². The Bertz CT molecular complexity index is 836. The van der Waals surface area contributed by atoms with Crippen LogP contribution in [0.2, 0.25) is 0 Å². The average molecular weight is 289 g/mol. The van der Waals surface area contributed by atoms with Gasteiger partial charge in [-0.25, -0.2) is 5.43 Å². The molecule has 0 bridgehead atoms. The highest BCUT2D eigenvalue weighted by Crippen LogP contribution is 2.19. The number of benzene rings is 2. The molecule has 0 aliphatic heterocycles. The van der Waals surface area contributed by atoms with Crippen LogP contribution in [0.4, 0.5) is 0 Å². The number of hydrogen-bond acceptors (Lipinski definition) is 3. The molecule has 0 spiro atoms. The van der Waals surface area contributed by atoms with Gasteiger partial charge in [0.25, 0.3) is 5.91 Å². The second kappa shape index (κ2) is 6.18. The van der Waals surface area contributed by atoms with Gasteiger partial charge in [-0.1, -0.05) is 42.5 Å². The first kappa shape index (κ1) is 13.9. The standard InChI is InChI=1S/C18H15N3O/c1-13(20-21-18(22)15-9-11-19-12-10-15)16-8-4-6-14-5-2-3-7-17(14)16/h2-12H,1H3,(H,21,22)/b20-13+. The van der Waals surface area contributed by atoms with Crippen molar-refractivity contribution in [1.29, 1.82) is 0 Å². The molecule has 1 heterocycles. The minimum Gasteiger partial charge on any atom is -0.267 e. The molecule has 4 heteroatoms. The Morgan fingerprint density at radius 3 is 2.55 bits per heavy atom. The molecule has 4 nitrogen and oxygen atoms in total. The molecule has 0 radical (unpaired) electrons. The van der Waals surface area contributed by atoms with Crippen molar-refractivity contribution in [3.63, 3.8) is 0 Å². The molecule has 108 valence electrons. The maximum absolute atomic E-state index is 12.0. The molecule has 1 N–H and O–H groups in total. The maximum Gasteiger partial charge on any atom is 0.271 e. The third-order valence-corrected chi connectivity index (χ3v) is 3.45. The van der Waals surface area contributed by atoms with E-state index in [-0.39, 0.29) is 5.91 Å². The molecule has 0 fully saturated rings. The van der Waals surface area contributed by atoms with Gasteiger partial charge in [0.1, 0.15) is 0 Å². The zero-order chi connectivity index (χ0) is 15.4. The number of carbonyl (C=O) groups is 1. The van der Waals surface area contributed by atoms with Crippen molar-refractivity contribution in [3.8, 4) is 0 Å². The number of hydrazone groups is 1. The molecule has 2 aromatic carbocycles. The van der Waals surface area contributed by atoms with E-state index >= 15 is 0 Å². The van der Waals surface area contributed by atoms with Gasteiger partial charge in [0, 0.05) is 23.5 Å². The normalized spacial score (nSPS) is 11.4. The summed E-state index contributed by atoms with van der Waals surface area (Å²) in [4.78, 5) is 15.9. The number of hydrogen-bond donors (Lipinski definition) is 1. The molecule has 1 aromatic heterocycles. The van der Waals surface area contributed by atoms with Crippen LogP contribution in [-0.4, -0.2) is 16.6 Å². The van der Waals surface area contributed by atoms with Gasteiger partial charge in [0.05, 0.1) is 5.71 Å². The first-order valence-electron chi connectivity index (χ1n) is 6.98. The lowest BCUT2D eigenvalue weighted by Crippen LogP contribution is -2.19. The topological polar surface area (TPSA) is 54.4 Å². The number of rotatable bonds is 3. The summed E-state index contributed by atoms with van der Waals surface area (Å²) < 4.78 is 0. The van der Waals surface area contributed by atoms with Gasteiger partial charge >= 0.3 is 0 Å². The molecular formula is C18H15N3O. The summed E-state index contributed by atoms with van der Waals surface area (Å²) in [5.41, 5.74) is 4.89. The molecule has 22 heavy (non-hydrogen) atoms. The third kappa shape index (κ3) is 2.86. The molecule has 3 aromatic rings. The van der Waals surface area contributed by atoms with E-state index in [9.17, 15) is 4.79 Å². The van der Waals surface area contributed by atoms with Crippen molar-refractivity contribution in [2.75, 3.05) is 0 Å². The van der Waals surface area contributed by atoms with Crippen molar-refractivity contribution >= 4 is 22.4 Å². The zero-order valence-corrected chi connectivity index (χ0v) is 12.2. The summed E-state index contributed by atoms with van der Waals surface area (Å²) >= 11 is 0. The Kier molecular flexibility index (Phi) is 3.92. The summed E-state index contributed by atoms with van der Waals surface area (Å²) in [5.74, 6) is -0.248. The SMILES string of the molecule is C/C(=N\NC(=O)c1ccncc1)c1cccc2ccccc12. The maximum atomic E-state index is 12.0. The summed E-state index contributed by atoms with van der Waals surface area (Å²) in [5, 5.41) is 6.48. The molecule has 1 amide bonds. The van der Waals surface area contributed by atoms with E-state index in [0.29, 0.717) is 5.56 Å². The molecule has 0 aliphatic carbocycles. The van der Waals surface area contributed by atoms with Crippen LogP contribution in [0.5, 0.6) is 0 Å². The van der Waals surface area contributed by atoms with E-state index < -0.39 is 0 Å². The van der Waals surface area contributed by atoms with E-state index in [4.69, 9.17) is 0 Å². The van der Waals surface area contributed by atoms with Crippen LogP contribution >= 0.6 is 0 Å². The predicted molar refractivity (Wildman–Crippen MR) is 87.9 cm³/mol. The van der Waals surface area contributed by atoms with Crippen molar-refractivity contribution in [3.05, 3.63) is 78.1 Å². The number of amides is 1. The fourth-order valence-corrected chi connectivity index (χ4v) is 2.30. The van der Waals surface area contributed by atoms with Crippen LogP contribution in [0, 0.1) is 0 Å². The Balaban J connectivity index is 1.86. The highest BCUT2D eigenvalue weighted by atomic mass is 16.2. The first-order valence-corrected chi connectivity index (χ1v) is 6.98.